The Bertz CT molecular complexity index is 1070. The molecule has 1 heterocycles. The fourth-order valence-electron chi connectivity index (χ4n) is 3.95. The number of benzene rings is 2. The number of nitrogens with zero attached hydrogens (tertiary/aromatic N) is 1. The van der Waals surface area contributed by atoms with Gasteiger partial charge < -0.3 is 19.3 Å². The average molecular weight is 531 g/mol. The molecule has 14 heteroatoms. The van der Waals surface area contributed by atoms with Crippen molar-refractivity contribution in [1.82, 2.24) is 4.90 Å². The van der Waals surface area contributed by atoms with Gasteiger partial charge in [-0.1, -0.05) is 12.1 Å². The third-order valence-electron chi connectivity index (χ3n) is 5.73. The fraction of sp³-hybridized carbons (Fsp3) is 0.429. The third-order valence-corrected chi connectivity index (χ3v) is 7.43. The van der Waals surface area contributed by atoms with Crippen LogP contribution in [0.5, 0.6) is 0 Å². The van der Waals surface area contributed by atoms with Gasteiger partial charge in [0.15, 0.2) is 11.6 Å². The molecule has 1 aliphatic rings. The van der Waals surface area contributed by atoms with E-state index >= 15 is 0 Å². The molecule has 0 aliphatic carbocycles. The summed E-state index contributed by atoms with van der Waals surface area (Å²) in [4.78, 5) is 21.9. The van der Waals surface area contributed by atoms with Gasteiger partial charge in [-0.2, -0.15) is 26.3 Å². The van der Waals surface area contributed by atoms with Gasteiger partial charge in [-0.3, -0.25) is 9.46 Å². The van der Waals surface area contributed by atoms with Gasteiger partial charge in [-0.05, 0) is 55.4 Å². The second-order valence-electron chi connectivity index (χ2n) is 8.02. The largest absolute Gasteiger partial charge is 0.416 e. The first kappa shape index (κ1) is 27.6. The van der Waals surface area contributed by atoms with Crippen molar-refractivity contribution in [2.24, 2.45) is 0 Å². The summed E-state index contributed by atoms with van der Waals surface area (Å²) < 4.78 is 117. The molecular weight excluding hydrogens is 510 g/mol. The number of ether oxygens (including phenoxy) is 2. The van der Waals surface area contributed by atoms with Crippen LogP contribution >= 0.6 is 7.60 Å². The summed E-state index contributed by atoms with van der Waals surface area (Å²) in [5, 5.41) is -2.36. The smallest absolute Gasteiger partial charge is 0.348 e. The highest BCUT2D eigenvalue weighted by atomic mass is 31.2. The Balaban J connectivity index is 2.10. The van der Waals surface area contributed by atoms with Crippen LogP contribution in [0.3, 0.4) is 0 Å². The van der Waals surface area contributed by atoms with Gasteiger partial charge in [-0.25, -0.2) is 4.39 Å². The summed E-state index contributed by atoms with van der Waals surface area (Å²) in [6.07, 6.45) is -13.6. The zero-order chi connectivity index (χ0) is 26.4. The van der Waals surface area contributed by atoms with E-state index in [1.54, 1.807) is 0 Å². The summed E-state index contributed by atoms with van der Waals surface area (Å²) in [6.45, 7) is 0.994. The summed E-state index contributed by atoms with van der Waals surface area (Å²) >= 11 is 0. The van der Waals surface area contributed by atoms with E-state index in [1.807, 2.05) is 0 Å². The molecule has 0 bridgehead atoms. The Hall–Kier alpha value is -2.02. The molecule has 3 rings (SSSR count). The van der Waals surface area contributed by atoms with Crippen molar-refractivity contribution in [1.29, 1.82) is 0 Å². The number of hydrogen-bond donors (Lipinski definition) is 2. The van der Waals surface area contributed by atoms with Crippen molar-refractivity contribution in [2.45, 2.75) is 37.0 Å². The molecule has 1 saturated heterocycles. The standard InChI is InChI=1S/C21H21F7NO5P/c1-12(13-9-15(20(23,24)25)11-16(10-13)21(26,27)28)34-18-19(35(30,31)32,29(2)7-8-33-18)14-3-5-17(22)6-4-14/h3-6,9-12,18H,7-8H2,1-2H3,(H2,30,31,32). The van der Waals surface area contributed by atoms with Crippen LogP contribution in [0.4, 0.5) is 30.7 Å². The molecule has 2 N–H and O–H groups in total. The van der Waals surface area contributed by atoms with E-state index in [4.69, 9.17) is 9.47 Å². The lowest BCUT2D eigenvalue weighted by Gasteiger charge is -2.50. The second-order valence-corrected chi connectivity index (χ2v) is 9.79. The Morgan fingerprint density at radius 1 is 1.06 bits per heavy atom. The van der Waals surface area contributed by atoms with Gasteiger partial charge in [-0.15, -0.1) is 0 Å². The Morgan fingerprint density at radius 3 is 2.03 bits per heavy atom. The van der Waals surface area contributed by atoms with E-state index in [0.717, 1.165) is 31.2 Å². The summed E-state index contributed by atoms with van der Waals surface area (Å²) in [5.41, 5.74) is -3.80. The summed E-state index contributed by atoms with van der Waals surface area (Å²) in [7, 11) is -3.92. The molecule has 0 aromatic heterocycles. The molecule has 194 valence electrons. The maximum Gasteiger partial charge on any atom is 0.416 e. The van der Waals surface area contributed by atoms with Crippen molar-refractivity contribution in [3.8, 4) is 0 Å². The number of rotatable bonds is 5. The molecule has 0 amide bonds. The van der Waals surface area contributed by atoms with Crippen LogP contribution in [0.25, 0.3) is 0 Å². The summed E-state index contributed by atoms with van der Waals surface area (Å²) in [5.74, 6) is -0.705. The minimum atomic E-state index is -5.25. The Morgan fingerprint density at radius 2 is 1.57 bits per heavy atom. The van der Waals surface area contributed by atoms with E-state index in [-0.39, 0.29) is 24.8 Å². The molecule has 6 nitrogen and oxygen atoms in total. The zero-order valence-corrected chi connectivity index (χ0v) is 19.2. The Kier molecular flexibility index (Phi) is 7.45. The van der Waals surface area contributed by atoms with Gasteiger partial charge in [0, 0.05) is 6.54 Å². The van der Waals surface area contributed by atoms with Gasteiger partial charge in [0.05, 0.1) is 23.8 Å². The predicted molar refractivity (Wildman–Crippen MR) is 108 cm³/mol. The van der Waals surface area contributed by atoms with E-state index in [9.17, 15) is 45.1 Å². The molecule has 35 heavy (non-hydrogen) atoms. The molecule has 2 aromatic carbocycles. The average Bonchev–Trinajstić information content (AvgIpc) is 2.72. The highest BCUT2D eigenvalue weighted by molar-refractivity contribution is 7.53. The maximum atomic E-state index is 13.5. The predicted octanol–water partition coefficient (Wildman–Crippen LogP) is 5.26. The van der Waals surface area contributed by atoms with E-state index < -0.39 is 60.1 Å². The number of alkyl halides is 6. The summed E-state index contributed by atoms with van der Waals surface area (Å²) in [6, 6.07) is 4.95. The van der Waals surface area contributed by atoms with Crippen LogP contribution in [-0.2, 0) is 31.7 Å². The quantitative estimate of drug-likeness (QED) is 0.405. The van der Waals surface area contributed by atoms with Crippen molar-refractivity contribution in [3.63, 3.8) is 0 Å². The van der Waals surface area contributed by atoms with E-state index in [1.165, 1.54) is 11.9 Å². The molecule has 1 fully saturated rings. The fourth-order valence-corrected chi connectivity index (χ4v) is 5.39. The Labute approximate surface area is 195 Å². The van der Waals surface area contributed by atoms with Crippen molar-refractivity contribution in [3.05, 3.63) is 70.5 Å². The van der Waals surface area contributed by atoms with Crippen LogP contribution < -0.4 is 0 Å². The van der Waals surface area contributed by atoms with Crippen LogP contribution in [0.15, 0.2) is 42.5 Å². The minimum absolute atomic E-state index is 0.0154. The van der Waals surface area contributed by atoms with E-state index in [2.05, 4.69) is 0 Å². The van der Waals surface area contributed by atoms with Crippen molar-refractivity contribution >= 4 is 7.60 Å². The molecule has 3 unspecified atom stereocenters. The van der Waals surface area contributed by atoms with Crippen LogP contribution in [-0.4, -0.2) is 41.2 Å². The highest BCUT2D eigenvalue weighted by Crippen LogP contribution is 2.62. The number of morpholine rings is 1. The first-order valence-electron chi connectivity index (χ1n) is 10.1. The van der Waals surface area contributed by atoms with Gasteiger partial charge >= 0.3 is 19.9 Å². The van der Waals surface area contributed by atoms with Gasteiger partial charge in [0.25, 0.3) is 0 Å². The monoisotopic (exact) mass is 531 g/mol. The SMILES string of the molecule is CC(OC1OCCN(C)C1(c1ccc(F)cc1)P(=O)(O)O)c1cc(C(F)(F)F)cc(C(F)(F)F)c1. The zero-order valence-electron chi connectivity index (χ0n) is 18.3. The maximum absolute atomic E-state index is 13.5. The van der Waals surface area contributed by atoms with E-state index in [0.29, 0.717) is 12.1 Å². The lowest BCUT2D eigenvalue weighted by atomic mass is 10.0. The molecule has 2 aromatic rings. The second kappa shape index (κ2) is 9.45. The number of halogens is 7. The van der Waals surface area contributed by atoms with Crippen LogP contribution in [0, 0.1) is 5.82 Å². The lowest BCUT2D eigenvalue weighted by Crippen LogP contribution is -2.59. The van der Waals surface area contributed by atoms with Gasteiger partial charge in [0.1, 0.15) is 5.82 Å². The molecule has 0 spiro atoms. The first-order chi connectivity index (χ1) is 16.0. The molecule has 1 aliphatic heterocycles. The molecular formula is C21H21F7NO5P. The van der Waals surface area contributed by atoms with Crippen molar-refractivity contribution < 1.29 is 54.6 Å². The molecule has 3 atom stereocenters. The number of hydrogen-bond acceptors (Lipinski definition) is 4. The van der Waals surface area contributed by atoms with Gasteiger partial charge in [0.2, 0.25) is 0 Å². The molecule has 0 radical (unpaired) electrons. The minimum Gasteiger partial charge on any atom is -0.348 e. The normalized spacial score (nSPS) is 23.3. The number of likely N-dealkylation sites (N-methyl/N-ethyl adjacent to an activating group) is 1. The van der Waals surface area contributed by atoms with Crippen molar-refractivity contribution in [2.75, 3.05) is 20.2 Å². The first-order valence-corrected chi connectivity index (χ1v) is 11.7. The lowest BCUT2D eigenvalue weighted by molar-refractivity contribution is -0.243. The molecule has 0 saturated carbocycles. The third kappa shape index (κ3) is 5.40. The van der Waals surface area contributed by atoms with Crippen LogP contribution in [0.1, 0.15) is 35.3 Å². The highest BCUT2D eigenvalue weighted by Gasteiger charge is 2.61. The van der Waals surface area contributed by atoms with Crippen LogP contribution in [0.2, 0.25) is 0 Å². The topological polar surface area (TPSA) is 79.2 Å².